The van der Waals surface area contributed by atoms with Crippen LogP contribution in [0.4, 0.5) is 0 Å². The summed E-state index contributed by atoms with van der Waals surface area (Å²) in [6.45, 7) is 6.00. The van der Waals surface area contributed by atoms with Gasteiger partial charge in [-0.05, 0) is 55.0 Å². The number of methoxy groups -OCH3 is 1. The highest BCUT2D eigenvalue weighted by atomic mass is 16.5. The second kappa shape index (κ2) is 8.19. The van der Waals surface area contributed by atoms with Crippen LogP contribution in [0, 0.1) is 18.8 Å². The van der Waals surface area contributed by atoms with Crippen molar-refractivity contribution in [3.05, 3.63) is 59.4 Å². The van der Waals surface area contributed by atoms with Crippen molar-refractivity contribution in [2.45, 2.75) is 31.9 Å². The molecule has 0 amide bonds. The number of ether oxygens (including phenoxy) is 2. The van der Waals surface area contributed by atoms with E-state index < -0.39 is 5.60 Å². The number of hydrogen-bond acceptors (Lipinski definition) is 5. The molecule has 1 aromatic heterocycles. The zero-order valence-corrected chi connectivity index (χ0v) is 16.8. The Morgan fingerprint density at radius 1 is 1.21 bits per heavy atom. The highest BCUT2D eigenvalue weighted by Crippen LogP contribution is 2.50. The Morgan fingerprint density at radius 3 is 2.89 bits per heavy atom. The van der Waals surface area contributed by atoms with Crippen LogP contribution >= 0.6 is 0 Å². The molecule has 28 heavy (non-hydrogen) atoms. The Morgan fingerprint density at radius 2 is 2.11 bits per heavy atom. The van der Waals surface area contributed by atoms with Crippen LogP contribution < -0.4 is 4.74 Å². The summed E-state index contributed by atoms with van der Waals surface area (Å²) in [5.41, 5.74) is 2.41. The fourth-order valence-electron chi connectivity index (χ4n) is 4.79. The molecule has 5 heteroatoms. The Bertz CT molecular complexity index is 795. The maximum Gasteiger partial charge on any atom is 0.119 e. The Labute approximate surface area is 167 Å². The number of aryl methyl sites for hydroxylation is 1. The quantitative estimate of drug-likeness (QED) is 0.746. The molecule has 2 fully saturated rings. The first-order chi connectivity index (χ1) is 13.6. The molecule has 1 N–H and O–H groups in total. The Balaban J connectivity index is 1.41. The van der Waals surface area contributed by atoms with Gasteiger partial charge in [-0.15, -0.1) is 0 Å². The van der Waals surface area contributed by atoms with Gasteiger partial charge in [-0.2, -0.15) is 0 Å². The molecular weight excluding hydrogens is 352 g/mol. The number of likely N-dealkylation sites (tertiary alicyclic amines) is 1. The molecule has 0 spiro atoms. The number of rotatable bonds is 7. The Kier molecular flexibility index (Phi) is 5.67. The van der Waals surface area contributed by atoms with Crippen molar-refractivity contribution in [1.29, 1.82) is 0 Å². The number of benzene rings is 1. The minimum atomic E-state index is -0.793. The van der Waals surface area contributed by atoms with Crippen molar-refractivity contribution in [2.24, 2.45) is 11.8 Å². The molecule has 2 heterocycles. The first-order valence-electron chi connectivity index (χ1n) is 10.2. The van der Waals surface area contributed by atoms with E-state index >= 15 is 0 Å². The van der Waals surface area contributed by atoms with Gasteiger partial charge in [0, 0.05) is 38.9 Å². The average molecular weight is 383 g/mol. The SMILES string of the molecule is COCCOc1cccc(CN2C[C@H]3CC[C@](O)(c4ccc(C)cn4)[C@H]3C2)c1. The van der Waals surface area contributed by atoms with Crippen LogP contribution in [0.2, 0.25) is 0 Å². The molecule has 3 atom stereocenters. The fraction of sp³-hybridized carbons (Fsp3) is 0.522. The molecule has 5 nitrogen and oxygen atoms in total. The van der Waals surface area contributed by atoms with Crippen LogP contribution in [0.1, 0.15) is 29.7 Å². The molecule has 1 aliphatic carbocycles. The van der Waals surface area contributed by atoms with E-state index in [-0.39, 0.29) is 5.92 Å². The van der Waals surface area contributed by atoms with E-state index in [4.69, 9.17) is 9.47 Å². The van der Waals surface area contributed by atoms with E-state index in [1.54, 1.807) is 7.11 Å². The van der Waals surface area contributed by atoms with Crippen molar-refractivity contribution in [2.75, 3.05) is 33.4 Å². The topological polar surface area (TPSA) is 54.8 Å². The largest absolute Gasteiger partial charge is 0.491 e. The number of hydrogen-bond donors (Lipinski definition) is 1. The summed E-state index contributed by atoms with van der Waals surface area (Å²) < 4.78 is 10.8. The van der Waals surface area contributed by atoms with Crippen LogP contribution in [-0.2, 0) is 16.9 Å². The molecule has 4 rings (SSSR count). The van der Waals surface area contributed by atoms with Crippen LogP contribution in [-0.4, -0.2) is 48.4 Å². The molecule has 2 aromatic rings. The summed E-state index contributed by atoms with van der Waals surface area (Å²) in [6, 6.07) is 12.3. The predicted molar refractivity (Wildman–Crippen MR) is 108 cm³/mol. The Hall–Kier alpha value is -1.95. The van der Waals surface area contributed by atoms with Gasteiger partial charge in [-0.25, -0.2) is 0 Å². The molecule has 150 valence electrons. The minimum Gasteiger partial charge on any atom is -0.491 e. The van der Waals surface area contributed by atoms with Gasteiger partial charge >= 0.3 is 0 Å². The predicted octanol–water partition coefficient (Wildman–Crippen LogP) is 3.14. The normalized spacial score (nSPS) is 27.1. The highest BCUT2D eigenvalue weighted by molar-refractivity contribution is 5.29. The second-order valence-electron chi connectivity index (χ2n) is 8.23. The zero-order valence-electron chi connectivity index (χ0n) is 16.8. The third-order valence-corrected chi connectivity index (χ3v) is 6.24. The standard InChI is InChI=1S/C23H30N2O3/c1-17-6-7-22(24-13-17)23(26)9-8-19-15-25(16-21(19)23)14-18-4-3-5-20(12-18)28-11-10-27-2/h3-7,12-13,19,21,26H,8-11,14-16H2,1-2H3/t19-,21+,23-/m1/s1. The van der Waals surface area contributed by atoms with Crippen molar-refractivity contribution < 1.29 is 14.6 Å². The van der Waals surface area contributed by atoms with E-state index in [2.05, 4.69) is 28.1 Å². The summed E-state index contributed by atoms with van der Waals surface area (Å²) in [6.07, 6.45) is 3.74. The van der Waals surface area contributed by atoms with Crippen LogP contribution in [0.3, 0.4) is 0 Å². The molecule has 1 aliphatic heterocycles. The summed E-state index contributed by atoms with van der Waals surface area (Å²) in [5, 5.41) is 11.5. The molecule has 0 bridgehead atoms. The minimum absolute atomic E-state index is 0.254. The van der Waals surface area contributed by atoms with Crippen molar-refractivity contribution in [1.82, 2.24) is 9.88 Å². The van der Waals surface area contributed by atoms with Crippen molar-refractivity contribution in [3.63, 3.8) is 0 Å². The third kappa shape index (κ3) is 3.93. The lowest BCUT2D eigenvalue weighted by atomic mass is 9.85. The van der Waals surface area contributed by atoms with E-state index in [1.165, 1.54) is 5.56 Å². The lowest BCUT2D eigenvalue weighted by Crippen LogP contribution is -2.35. The van der Waals surface area contributed by atoms with Crippen molar-refractivity contribution >= 4 is 0 Å². The summed E-state index contributed by atoms with van der Waals surface area (Å²) >= 11 is 0. The lowest BCUT2D eigenvalue weighted by Gasteiger charge is -2.30. The first-order valence-corrected chi connectivity index (χ1v) is 10.2. The van der Waals surface area contributed by atoms with Gasteiger partial charge in [0.25, 0.3) is 0 Å². The third-order valence-electron chi connectivity index (χ3n) is 6.24. The van der Waals surface area contributed by atoms with Gasteiger partial charge in [-0.1, -0.05) is 18.2 Å². The molecule has 1 saturated heterocycles. The van der Waals surface area contributed by atoms with Gasteiger partial charge < -0.3 is 14.6 Å². The molecule has 2 aliphatic rings. The number of aromatic nitrogens is 1. The fourth-order valence-corrected chi connectivity index (χ4v) is 4.79. The number of aliphatic hydroxyl groups is 1. The van der Waals surface area contributed by atoms with Gasteiger partial charge in [0.15, 0.2) is 0 Å². The van der Waals surface area contributed by atoms with Crippen LogP contribution in [0.5, 0.6) is 5.75 Å². The maximum atomic E-state index is 11.5. The molecule has 1 aromatic carbocycles. The zero-order chi connectivity index (χ0) is 19.6. The smallest absolute Gasteiger partial charge is 0.119 e. The summed E-state index contributed by atoms with van der Waals surface area (Å²) in [7, 11) is 1.68. The van der Waals surface area contributed by atoms with Gasteiger partial charge in [0.1, 0.15) is 18.0 Å². The van der Waals surface area contributed by atoms with Crippen LogP contribution in [0.25, 0.3) is 0 Å². The average Bonchev–Trinajstić information content (AvgIpc) is 3.23. The van der Waals surface area contributed by atoms with Crippen molar-refractivity contribution in [3.8, 4) is 5.75 Å². The molecule has 1 saturated carbocycles. The second-order valence-corrected chi connectivity index (χ2v) is 8.23. The summed E-state index contributed by atoms with van der Waals surface area (Å²) in [5.74, 6) is 1.67. The maximum absolute atomic E-state index is 11.5. The van der Waals surface area contributed by atoms with Gasteiger partial charge in [0.2, 0.25) is 0 Å². The lowest BCUT2D eigenvalue weighted by molar-refractivity contribution is -0.0108. The van der Waals surface area contributed by atoms with Crippen LogP contribution in [0.15, 0.2) is 42.6 Å². The van der Waals surface area contributed by atoms with Gasteiger partial charge in [-0.3, -0.25) is 9.88 Å². The number of fused-ring (bicyclic) bond motifs is 1. The van der Waals surface area contributed by atoms with E-state index in [1.807, 2.05) is 31.3 Å². The number of nitrogens with zero attached hydrogens (tertiary/aromatic N) is 2. The van der Waals surface area contributed by atoms with Gasteiger partial charge in [0.05, 0.1) is 12.3 Å². The molecule has 0 unspecified atom stereocenters. The highest BCUT2D eigenvalue weighted by Gasteiger charge is 2.52. The van der Waals surface area contributed by atoms with E-state index in [9.17, 15) is 5.11 Å². The summed E-state index contributed by atoms with van der Waals surface area (Å²) in [4.78, 5) is 7.01. The molecular formula is C23H30N2O3. The first kappa shape index (κ1) is 19.4. The number of pyridine rings is 1. The monoisotopic (exact) mass is 382 g/mol. The van der Waals surface area contributed by atoms with E-state index in [0.29, 0.717) is 19.1 Å². The van der Waals surface area contributed by atoms with E-state index in [0.717, 1.165) is 49.5 Å². The molecule has 0 radical (unpaired) electrons.